The quantitative estimate of drug-likeness (QED) is 0.681. The highest BCUT2D eigenvalue weighted by molar-refractivity contribution is 5.36. The van der Waals surface area contributed by atoms with Crippen molar-refractivity contribution < 1.29 is 14.2 Å². The summed E-state index contributed by atoms with van der Waals surface area (Å²) >= 11 is 0. The van der Waals surface area contributed by atoms with Gasteiger partial charge in [0.1, 0.15) is 12.4 Å². The van der Waals surface area contributed by atoms with Crippen molar-refractivity contribution in [1.29, 1.82) is 0 Å². The Hall–Kier alpha value is -1.10. The summed E-state index contributed by atoms with van der Waals surface area (Å²) in [7, 11) is 3.37. The number of methoxy groups -OCH3 is 2. The van der Waals surface area contributed by atoms with Gasteiger partial charge in [0.15, 0.2) is 0 Å². The number of hydrogen-bond acceptors (Lipinski definition) is 4. The van der Waals surface area contributed by atoms with E-state index in [-0.39, 0.29) is 0 Å². The van der Waals surface area contributed by atoms with Crippen molar-refractivity contribution in [1.82, 2.24) is 5.32 Å². The lowest BCUT2D eigenvalue weighted by atomic mass is 10.1. The van der Waals surface area contributed by atoms with Crippen molar-refractivity contribution >= 4 is 0 Å². The van der Waals surface area contributed by atoms with Crippen molar-refractivity contribution in [3.8, 4) is 5.75 Å². The zero-order chi connectivity index (χ0) is 13.2. The van der Waals surface area contributed by atoms with E-state index in [1.807, 2.05) is 6.07 Å². The number of benzene rings is 1. The van der Waals surface area contributed by atoms with E-state index in [2.05, 4.69) is 24.4 Å². The maximum Gasteiger partial charge on any atom is 0.123 e. The third kappa shape index (κ3) is 5.49. The molecule has 0 radical (unpaired) electrons. The lowest BCUT2D eigenvalue weighted by molar-refractivity contribution is 0.145. The Morgan fingerprint density at radius 1 is 1.06 bits per heavy atom. The van der Waals surface area contributed by atoms with Gasteiger partial charge in [-0.3, -0.25) is 0 Å². The summed E-state index contributed by atoms with van der Waals surface area (Å²) in [5.41, 5.74) is 2.40. The molecule has 0 aliphatic heterocycles. The van der Waals surface area contributed by atoms with E-state index in [4.69, 9.17) is 14.2 Å². The molecule has 1 N–H and O–H groups in total. The highest BCUT2D eigenvalue weighted by atomic mass is 16.5. The Morgan fingerprint density at radius 3 is 2.56 bits per heavy atom. The molecule has 0 bridgehead atoms. The second kappa shape index (κ2) is 8.91. The number of rotatable bonds is 9. The summed E-state index contributed by atoms with van der Waals surface area (Å²) in [5, 5.41) is 3.32. The van der Waals surface area contributed by atoms with Crippen molar-refractivity contribution in [3.63, 3.8) is 0 Å². The third-order valence-corrected chi connectivity index (χ3v) is 2.56. The molecule has 0 fully saturated rings. The molecule has 0 heterocycles. The fourth-order valence-electron chi connectivity index (χ4n) is 1.62. The van der Waals surface area contributed by atoms with E-state index >= 15 is 0 Å². The van der Waals surface area contributed by atoms with Crippen LogP contribution >= 0.6 is 0 Å². The molecule has 102 valence electrons. The third-order valence-electron chi connectivity index (χ3n) is 2.56. The first-order chi connectivity index (χ1) is 8.77. The molecule has 4 heteroatoms. The zero-order valence-corrected chi connectivity index (χ0v) is 11.5. The molecule has 0 saturated carbocycles. The van der Waals surface area contributed by atoms with Crippen molar-refractivity contribution in [3.05, 3.63) is 29.3 Å². The normalized spacial score (nSPS) is 10.6. The molecule has 0 aliphatic carbocycles. The number of ether oxygens (including phenoxy) is 3. The minimum atomic E-state index is 0.574. The molecule has 0 atom stereocenters. The molecule has 0 aromatic heterocycles. The van der Waals surface area contributed by atoms with Crippen LogP contribution in [0, 0.1) is 6.92 Å². The molecule has 0 spiro atoms. The zero-order valence-electron chi connectivity index (χ0n) is 11.5. The molecule has 0 unspecified atom stereocenters. The van der Waals surface area contributed by atoms with Crippen LogP contribution in [0.5, 0.6) is 5.75 Å². The molecule has 1 aromatic carbocycles. The van der Waals surface area contributed by atoms with Gasteiger partial charge in [-0.05, 0) is 13.0 Å². The summed E-state index contributed by atoms with van der Waals surface area (Å²) in [5.74, 6) is 0.919. The van der Waals surface area contributed by atoms with Crippen LogP contribution in [0.1, 0.15) is 11.1 Å². The average molecular weight is 253 g/mol. The van der Waals surface area contributed by atoms with Crippen LogP contribution in [0.4, 0.5) is 0 Å². The van der Waals surface area contributed by atoms with Crippen LogP contribution < -0.4 is 10.1 Å². The Balaban J connectivity index is 2.53. The van der Waals surface area contributed by atoms with Gasteiger partial charge < -0.3 is 19.5 Å². The second-order valence-corrected chi connectivity index (χ2v) is 4.12. The number of aryl methyl sites for hydroxylation is 1. The smallest absolute Gasteiger partial charge is 0.123 e. The van der Waals surface area contributed by atoms with E-state index in [1.165, 1.54) is 11.1 Å². The first-order valence-electron chi connectivity index (χ1n) is 6.19. The molecule has 0 saturated heterocycles. The van der Waals surface area contributed by atoms with Gasteiger partial charge >= 0.3 is 0 Å². The van der Waals surface area contributed by atoms with Crippen LogP contribution in [0.25, 0.3) is 0 Å². The largest absolute Gasteiger partial charge is 0.491 e. The molecule has 4 nitrogen and oxygen atoms in total. The fourth-order valence-corrected chi connectivity index (χ4v) is 1.62. The lowest BCUT2D eigenvalue weighted by Gasteiger charge is -2.13. The van der Waals surface area contributed by atoms with E-state index in [9.17, 15) is 0 Å². The van der Waals surface area contributed by atoms with Gasteiger partial charge in [0, 0.05) is 32.9 Å². The van der Waals surface area contributed by atoms with Crippen molar-refractivity contribution in [2.75, 3.05) is 40.6 Å². The van der Waals surface area contributed by atoms with Crippen LogP contribution in [0.15, 0.2) is 18.2 Å². The summed E-state index contributed by atoms with van der Waals surface area (Å²) in [4.78, 5) is 0. The van der Waals surface area contributed by atoms with Crippen LogP contribution in [0.3, 0.4) is 0 Å². The van der Waals surface area contributed by atoms with E-state index in [1.54, 1.807) is 14.2 Å². The van der Waals surface area contributed by atoms with Gasteiger partial charge in [0.25, 0.3) is 0 Å². The highest BCUT2D eigenvalue weighted by Crippen LogP contribution is 2.19. The molecular weight excluding hydrogens is 230 g/mol. The van der Waals surface area contributed by atoms with Crippen molar-refractivity contribution in [2.24, 2.45) is 0 Å². The molecule has 1 rings (SSSR count). The highest BCUT2D eigenvalue weighted by Gasteiger charge is 2.03. The van der Waals surface area contributed by atoms with Crippen LogP contribution in [0.2, 0.25) is 0 Å². The summed E-state index contributed by atoms with van der Waals surface area (Å²) in [6.07, 6.45) is 0. The monoisotopic (exact) mass is 253 g/mol. The van der Waals surface area contributed by atoms with Gasteiger partial charge in [-0.2, -0.15) is 0 Å². The van der Waals surface area contributed by atoms with Crippen LogP contribution in [-0.2, 0) is 16.0 Å². The van der Waals surface area contributed by atoms with Gasteiger partial charge in [-0.25, -0.2) is 0 Å². The van der Waals surface area contributed by atoms with E-state index < -0.39 is 0 Å². The molecule has 0 aliphatic rings. The number of hydrogen-bond donors (Lipinski definition) is 1. The predicted octanol–water partition coefficient (Wildman–Crippen LogP) is 1.76. The Kier molecular flexibility index (Phi) is 7.41. The second-order valence-electron chi connectivity index (χ2n) is 4.12. The SMILES string of the molecule is COCCNCc1cc(C)ccc1OCCOC. The fraction of sp³-hybridized carbons (Fsp3) is 0.571. The molecule has 1 aromatic rings. The lowest BCUT2D eigenvalue weighted by Crippen LogP contribution is -2.19. The van der Waals surface area contributed by atoms with E-state index in [0.29, 0.717) is 19.8 Å². The minimum Gasteiger partial charge on any atom is -0.491 e. The molecule has 0 amide bonds. The maximum atomic E-state index is 5.69. The summed E-state index contributed by atoms with van der Waals surface area (Å²) in [6.45, 7) is 5.59. The Labute approximate surface area is 109 Å². The average Bonchev–Trinajstić information content (AvgIpc) is 2.37. The number of nitrogens with one attached hydrogen (secondary N) is 1. The van der Waals surface area contributed by atoms with Gasteiger partial charge in [0.2, 0.25) is 0 Å². The van der Waals surface area contributed by atoms with E-state index in [0.717, 1.165) is 18.8 Å². The van der Waals surface area contributed by atoms with Gasteiger partial charge in [0.05, 0.1) is 13.2 Å². The van der Waals surface area contributed by atoms with Crippen LogP contribution in [-0.4, -0.2) is 40.6 Å². The molecule has 18 heavy (non-hydrogen) atoms. The van der Waals surface area contributed by atoms with Gasteiger partial charge in [-0.15, -0.1) is 0 Å². The maximum absolute atomic E-state index is 5.69. The summed E-state index contributed by atoms with van der Waals surface area (Å²) in [6, 6.07) is 6.21. The van der Waals surface area contributed by atoms with Crippen molar-refractivity contribution in [2.45, 2.75) is 13.5 Å². The Bertz CT molecular complexity index is 342. The topological polar surface area (TPSA) is 39.7 Å². The standard InChI is InChI=1S/C14H23NO3/c1-12-4-5-14(18-9-8-17-3)13(10-12)11-15-6-7-16-2/h4-5,10,15H,6-9,11H2,1-3H3. The minimum absolute atomic E-state index is 0.574. The van der Waals surface area contributed by atoms with Gasteiger partial charge in [-0.1, -0.05) is 17.7 Å². The first kappa shape index (κ1) is 15.0. The Morgan fingerprint density at radius 2 is 1.83 bits per heavy atom. The predicted molar refractivity (Wildman–Crippen MR) is 72.1 cm³/mol. The molecular formula is C14H23NO3. The first-order valence-corrected chi connectivity index (χ1v) is 6.19. The summed E-state index contributed by atoms with van der Waals surface area (Å²) < 4.78 is 15.7.